The van der Waals surface area contributed by atoms with Crippen molar-refractivity contribution in [2.24, 2.45) is 5.41 Å². The van der Waals surface area contributed by atoms with Crippen molar-refractivity contribution in [2.75, 3.05) is 6.54 Å². The van der Waals surface area contributed by atoms with Crippen molar-refractivity contribution in [1.29, 1.82) is 5.41 Å². The molecule has 1 aliphatic carbocycles. The fourth-order valence-corrected chi connectivity index (χ4v) is 2.17. The van der Waals surface area contributed by atoms with Crippen molar-refractivity contribution in [1.82, 2.24) is 4.90 Å². The van der Waals surface area contributed by atoms with E-state index in [0.717, 1.165) is 18.8 Å². The van der Waals surface area contributed by atoms with Crippen LogP contribution in [0, 0.1) is 10.8 Å². The predicted molar refractivity (Wildman–Crippen MR) is 50.5 cm³/mol. The highest BCUT2D eigenvalue weighted by Gasteiger charge is 2.50. The third-order valence-corrected chi connectivity index (χ3v) is 3.25. The zero-order valence-electron chi connectivity index (χ0n) is 8.06. The van der Waals surface area contributed by atoms with Gasteiger partial charge in [0.25, 0.3) is 0 Å². The molecule has 0 aromatic heterocycles. The summed E-state index contributed by atoms with van der Waals surface area (Å²) in [6.07, 6.45) is 4.80. The Hall–Kier alpha value is -0.530. The SMILES string of the molecule is CC1(C)CC1N1CCCCC1=N. The van der Waals surface area contributed by atoms with Gasteiger partial charge in [-0.25, -0.2) is 0 Å². The van der Waals surface area contributed by atoms with Crippen molar-refractivity contribution in [3.8, 4) is 0 Å². The second-order valence-corrected chi connectivity index (χ2v) is 4.81. The van der Waals surface area contributed by atoms with Gasteiger partial charge in [0, 0.05) is 19.0 Å². The lowest BCUT2D eigenvalue weighted by molar-refractivity contribution is 0.322. The van der Waals surface area contributed by atoms with Crippen LogP contribution >= 0.6 is 0 Å². The van der Waals surface area contributed by atoms with Crippen molar-refractivity contribution in [3.05, 3.63) is 0 Å². The Morgan fingerprint density at radius 3 is 2.58 bits per heavy atom. The van der Waals surface area contributed by atoms with Crippen molar-refractivity contribution in [2.45, 2.75) is 45.6 Å². The fraction of sp³-hybridized carbons (Fsp3) is 0.900. The van der Waals surface area contributed by atoms with Gasteiger partial charge in [0.15, 0.2) is 0 Å². The maximum absolute atomic E-state index is 7.82. The number of hydrogen-bond acceptors (Lipinski definition) is 1. The number of amidine groups is 1. The zero-order chi connectivity index (χ0) is 8.77. The third kappa shape index (κ3) is 1.23. The topological polar surface area (TPSA) is 27.1 Å². The van der Waals surface area contributed by atoms with E-state index in [-0.39, 0.29) is 0 Å². The van der Waals surface area contributed by atoms with Crippen LogP contribution in [0.15, 0.2) is 0 Å². The van der Waals surface area contributed by atoms with Crippen molar-refractivity contribution >= 4 is 5.84 Å². The first-order chi connectivity index (χ1) is 5.61. The average Bonchev–Trinajstić information content (AvgIpc) is 2.61. The first-order valence-electron chi connectivity index (χ1n) is 4.95. The molecule has 0 bridgehead atoms. The lowest BCUT2D eigenvalue weighted by Gasteiger charge is -2.30. The largest absolute Gasteiger partial charge is 0.357 e. The molecule has 0 aromatic rings. The molecular weight excluding hydrogens is 148 g/mol. The van der Waals surface area contributed by atoms with Crippen LogP contribution < -0.4 is 0 Å². The van der Waals surface area contributed by atoms with Gasteiger partial charge in [-0.2, -0.15) is 0 Å². The molecular formula is C10H18N2. The molecule has 2 rings (SSSR count). The molecule has 2 aliphatic rings. The van der Waals surface area contributed by atoms with Gasteiger partial charge >= 0.3 is 0 Å². The fourth-order valence-electron chi connectivity index (χ4n) is 2.17. The van der Waals surface area contributed by atoms with E-state index < -0.39 is 0 Å². The summed E-state index contributed by atoms with van der Waals surface area (Å²) in [5, 5.41) is 7.82. The van der Waals surface area contributed by atoms with E-state index in [1.165, 1.54) is 19.3 Å². The summed E-state index contributed by atoms with van der Waals surface area (Å²) in [7, 11) is 0. The van der Waals surface area contributed by atoms with Crippen LogP contribution in [0.2, 0.25) is 0 Å². The van der Waals surface area contributed by atoms with Gasteiger partial charge in [0.1, 0.15) is 0 Å². The summed E-state index contributed by atoms with van der Waals surface area (Å²) in [6.45, 7) is 5.74. The standard InChI is InChI=1S/C10H18N2/c1-10(2)7-8(10)12-6-4-3-5-9(12)11/h8,11H,3-7H2,1-2H3. The highest BCUT2D eigenvalue weighted by Crippen LogP contribution is 2.49. The van der Waals surface area contributed by atoms with E-state index in [1.54, 1.807) is 0 Å². The van der Waals surface area contributed by atoms with Gasteiger partial charge in [-0.3, -0.25) is 5.41 Å². The van der Waals surface area contributed by atoms with Gasteiger partial charge in [0.2, 0.25) is 0 Å². The second kappa shape index (κ2) is 2.48. The monoisotopic (exact) mass is 166 g/mol. The average molecular weight is 166 g/mol. The highest BCUT2D eigenvalue weighted by molar-refractivity contribution is 5.80. The Morgan fingerprint density at radius 2 is 2.08 bits per heavy atom. The minimum atomic E-state index is 0.490. The lowest BCUT2D eigenvalue weighted by Crippen LogP contribution is -2.38. The normalized spacial score (nSPS) is 33.7. The molecule has 1 heterocycles. The summed E-state index contributed by atoms with van der Waals surface area (Å²) in [6, 6.07) is 0.685. The van der Waals surface area contributed by atoms with Gasteiger partial charge in [-0.05, 0) is 24.7 Å². The van der Waals surface area contributed by atoms with E-state index in [2.05, 4.69) is 18.7 Å². The lowest BCUT2D eigenvalue weighted by atomic mass is 10.1. The molecule has 1 unspecified atom stereocenters. The van der Waals surface area contributed by atoms with Crippen molar-refractivity contribution in [3.63, 3.8) is 0 Å². The Morgan fingerprint density at radius 1 is 1.42 bits per heavy atom. The minimum Gasteiger partial charge on any atom is -0.357 e. The molecule has 2 heteroatoms. The molecule has 0 spiro atoms. The van der Waals surface area contributed by atoms with Crippen LogP contribution in [0.3, 0.4) is 0 Å². The van der Waals surface area contributed by atoms with E-state index in [0.29, 0.717) is 11.5 Å². The Kier molecular flexibility index (Phi) is 1.67. The van der Waals surface area contributed by atoms with E-state index in [1.807, 2.05) is 0 Å². The molecule has 1 saturated carbocycles. The molecule has 0 radical (unpaired) electrons. The van der Waals surface area contributed by atoms with Crippen LogP contribution in [-0.2, 0) is 0 Å². The summed E-state index contributed by atoms with van der Waals surface area (Å²) < 4.78 is 0. The Balaban J connectivity index is 1.99. The predicted octanol–water partition coefficient (Wildman–Crippen LogP) is 2.25. The molecule has 12 heavy (non-hydrogen) atoms. The Bertz CT molecular complexity index is 208. The van der Waals surface area contributed by atoms with E-state index in [9.17, 15) is 0 Å². The summed E-state index contributed by atoms with van der Waals surface area (Å²) in [5.41, 5.74) is 0.490. The number of piperidine rings is 1. The molecule has 0 aromatic carbocycles. The van der Waals surface area contributed by atoms with Crippen LogP contribution in [0.5, 0.6) is 0 Å². The van der Waals surface area contributed by atoms with E-state index in [4.69, 9.17) is 5.41 Å². The zero-order valence-corrected chi connectivity index (χ0v) is 8.06. The van der Waals surface area contributed by atoms with Gasteiger partial charge < -0.3 is 4.90 Å². The van der Waals surface area contributed by atoms with Crippen LogP contribution in [0.25, 0.3) is 0 Å². The Labute approximate surface area is 74.5 Å². The quantitative estimate of drug-likeness (QED) is 0.635. The molecule has 0 amide bonds. The summed E-state index contributed by atoms with van der Waals surface area (Å²) in [5.74, 6) is 0.886. The molecule has 2 nitrogen and oxygen atoms in total. The number of hydrogen-bond donors (Lipinski definition) is 1. The van der Waals surface area contributed by atoms with Crippen molar-refractivity contribution < 1.29 is 0 Å². The molecule has 1 saturated heterocycles. The maximum atomic E-state index is 7.82. The minimum absolute atomic E-state index is 0.490. The molecule has 1 atom stereocenters. The number of likely N-dealkylation sites (tertiary alicyclic amines) is 1. The molecule has 1 N–H and O–H groups in total. The van der Waals surface area contributed by atoms with Gasteiger partial charge in [-0.1, -0.05) is 13.8 Å². The number of rotatable bonds is 1. The first-order valence-corrected chi connectivity index (χ1v) is 4.95. The number of nitrogens with one attached hydrogen (secondary N) is 1. The maximum Gasteiger partial charge on any atom is 0.0960 e. The number of nitrogens with zero attached hydrogens (tertiary/aromatic N) is 1. The molecule has 1 aliphatic heterocycles. The van der Waals surface area contributed by atoms with Crippen LogP contribution in [0.1, 0.15) is 39.5 Å². The van der Waals surface area contributed by atoms with Gasteiger partial charge in [-0.15, -0.1) is 0 Å². The van der Waals surface area contributed by atoms with Crippen LogP contribution in [-0.4, -0.2) is 23.3 Å². The third-order valence-electron chi connectivity index (χ3n) is 3.25. The molecule has 68 valence electrons. The van der Waals surface area contributed by atoms with Crippen LogP contribution in [0.4, 0.5) is 0 Å². The highest BCUT2D eigenvalue weighted by atomic mass is 15.2. The summed E-state index contributed by atoms with van der Waals surface area (Å²) >= 11 is 0. The second-order valence-electron chi connectivity index (χ2n) is 4.81. The molecule has 2 fully saturated rings. The first kappa shape index (κ1) is 8.09. The summed E-state index contributed by atoms with van der Waals surface area (Å²) in [4.78, 5) is 2.32. The van der Waals surface area contributed by atoms with E-state index >= 15 is 0 Å². The smallest absolute Gasteiger partial charge is 0.0960 e. The van der Waals surface area contributed by atoms with Gasteiger partial charge in [0.05, 0.1) is 5.84 Å².